The number of nitrogens with zero attached hydrogens (tertiary/aromatic N) is 3. The first-order chi connectivity index (χ1) is 9.26. The molecule has 3 rings (SSSR count). The first-order valence-electron chi connectivity index (χ1n) is 7.06. The minimum Gasteiger partial charge on any atom is -0.334 e. The number of nitrogens with one attached hydrogen (secondary N) is 1. The van der Waals surface area contributed by atoms with E-state index in [1.807, 2.05) is 13.4 Å². The molecule has 0 radical (unpaired) electrons. The van der Waals surface area contributed by atoms with Gasteiger partial charge in [-0.3, -0.25) is 4.90 Å². The average molecular weight is 258 g/mol. The topological polar surface area (TPSA) is 33.1 Å². The van der Waals surface area contributed by atoms with Gasteiger partial charge < -0.3 is 9.88 Å². The number of likely N-dealkylation sites (N-methyl/N-ethyl adjacent to an activating group) is 1. The normalized spacial score (nSPS) is 21.1. The third-order valence-corrected chi connectivity index (χ3v) is 4.11. The highest BCUT2D eigenvalue weighted by Crippen LogP contribution is 2.17. The number of benzene rings is 1. The highest BCUT2D eigenvalue weighted by atomic mass is 15.2. The van der Waals surface area contributed by atoms with Gasteiger partial charge in [-0.15, -0.1) is 0 Å². The lowest BCUT2D eigenvalue weighted by atomic mass is 10.0. The van der Waals surface area contributed by atoms with E-state index in [0.29, 0.717) is 6.04 Å². The van der Waals surface area contributed by atoms with Crippen molar-refractivity contribution in [2.75, 3.05) is 20.1 Å². The Bertz CT molecular complexity index is 560. The van der Waals surface area contributed by atoms with Gasteiger partial charge in [-0.05, 0) is 44.1 Å². The summed E-state index contributed by atoms with van der Waals surface area (Å²) in [6.07, 6.45) is 4.47. The van der Waals surface area contributed by atoms with Crippen LogP contribution in [0.4, 0.5) is 0 Å². The first kappa shape index (κ1) is 12.6. The standard InChI is InChI=1S/C15H22N4/c1-16-13-4-3-7-19(10-13)9-12-5-6-15-14(8-12)17-11-18(15)2/h5-6,8,11,13,16H,3-4,7,9-10H2,1-2H3. The van der Waals surface area contributed by atoms with Gasteiger partial charge in [-0.25, -0.2) is 4.98 Å². The van der Waals surface area contributed by atoms with E-state index in [9.17, 15) is 0 Å². The second kappa shape index (κ2) is 5.31. The van der Waals surface area contributed by atoms with Crippen LogP contribution in [-0.2, 0) is 13.6 Å². The van der Waals surface area contributed by atoms with E-state index in [2.05, 4.69) is 45.0 Å². The molecule has 1 aromatic carbocycles. The summed E-state index contributed by atoms with van der Waals surface area (Å²) in [5.41, 5.74) is 3.67. The van der Waals surface area contributed by atoms with Crippen molar-refractivity contribution in [2.24, 2.45) is 7.05 Å². The SMILES string of the molecule is CNC1CCCN(Cc2ccc3c(c2)ncn3C)C1. The number of aryl methyl sites for hydroxylation is 1. The molecular formula is C15H22N4. The Morgan fingerprint density at radius 3 is 3.16 bits per heavy atom. The quantitative estimate of drug-likeness (QED) is 0.910. The molecule has 0 bridgehead atoms. The van der Waals surface area contributed by atoms with Crippen molar-refractivity contribution >= 4 is 11.0 Å². The van der Waals surface area contributed by atoms with Gasteiger partial charge in [0.2, 0.25) is 0 Å². The minimum absolute atomic E-state index is 0.646. The number of imidazole rings is 1. The molecule has 2 heterocycles. The number of fused-ring (bicyclic) bond motifs is 1. The molecule has 19 heavy (non-hydrogen) atoms. The van der Waals surface area contributed by atoms with Gasteiger partial charge in [0.25, 0.3) is 0 Å². The van der Waals surface area contributed by atoms with Crippen LogP contribution in [-0.4, -0.2) is 40.6 Å². The zero-order valence-electron chi connectivity index (χ0n) is 11.8. The van der Waals surface area contributed by atoms with Crippen LogP contribution in [0, 0.1) is 0 Å². The molecule has 1 aromatic heterocycles. The summed E-state index contributed by atoms with van der Waals surface area (Å²) >= 11 is 0. The molecule has 2 aromatic rings. The average Bonchev–Trinajstić information content (AvgIpc) is 2.80. The lowest BCUT2D eigenvalue weighted by molar-refractivity contribution is 0.188. The van der Waals surface area contributed by atoms with Crippen molar-refractivity contribution in [1.82, 2.24) is 19.8 Å². The van der Waals surface area contributed by atoms with Gasteiger partial charge in [-0.2, -0.15) is 0 Å². The van der Waals surface area contributed by atoms with E-state index in [-0.39, 0.29) is 0 Å². The molecule has 1 aliphatic heterocycles. The van der Waals surface area contributed by atoms with Gasteiger partial charge in [0.1, 0.15) is 0 Å². The largest absolute Gasteiger partial charge is 0.334 e. The molecule has 1 saturated heterocycles. The number of rotatable bonds is 3. The second-order valence-electron chi connectivity index (χ2n) is 5.54. The lowest BCUT2D eigenvalue weighted by Gasteiger charge is -2.32. The third-order valence-electron chi connectivity index (χ3n) is 4.11. The van der Waals surface area contributed by atoms with Crippen LogP contribution in [0.25, 0.3) is 11.0 Å². The van der Waals surface area contributed by atoms with Crippen LogP contribution in [0.5, 0.6) is 0 Å². The molecule has 1 N–H and O–H groups in total. The van der Waals surface area contributed by atoms with Crippen molar-refractivity contribution in [1.29, 1.82) is 0 Å². The van der Waals surface area contributed by atoms with Crippen molar-refractivity contribution in [3.63, 3.8) is 0 Å². The Kier molecular flexibility index (Phi) is 3.53. The van der Waals surface area contributed by atoms with Crippen LogP contribution in [0.2, 0.25) is 0 Å². The van der Waals surface area contributed by atoms with Crippen molar-refractivity contribution in [3.05, 3.63) is 30.1 Å². The zero-order valence-corrected chi connectivity index (χ0v) is 11.8. The molecule has 4 nitrogen and oxygen atoms in total. The van der Waals surface area contributed by atoms with E-state index in [1.54, 1.807) is 0 Å². The first-order valence-corrected chi connectivity index (χ1v) is 7.06. The summed E-state index contributed by atoms with van der Waals surface area (Å²) in [6, 6.07) is 7.27. The van der Waals surface area contributed by atoms with Crippen molar-refractivity contribution in [2.45, 2.75) is 25.4 Å². The molecule has 1 aliphatic rings. The summed E-state index contributed by atoms with van der Waals surface area (Å²) < 4.78 is 2.07. The van der Waals surface area contributed by atoms with Crippen molar-refractivity contribution in [3.8, 4) is 0 Å². The Balaban J connectivity index is 1.74. The van der Waals surface area contributed by atoms with Gasteiger partial charge in [-0.1, -0.05) is 6.07 Å². The number of likely N-dealkylation sites (tertiary alicyclic amines) is 1. The molecule has 0 aliphatic carbocycles. The van der Waals surface area contributed by atoms with Gasteiger partial charge in [0.05, 0.1) is 17.4 Å². The summed E-state index contributed by atoms with van der Waals surface area (Å²) in [4.78, 5) is 6.97. The van der Waals surface area contributed by atoms with E-state index >= 15 is 0 Å². The predicted octanol–water partition coefficient (Wildman–Crippen LogP) is 1.76. The Morgan fingerprint density at radius 2 is 2.32 bits per heavy atom. The Hall–Kier alpha value is -1.39. The lowest BCUT2D eigenvalue weighted by Crippen LogP contribution is -2.43. The molecule has 1 unspecified atom stereocenters. The summed E-state index contributed by atoms with van der Waals surface area (Å²) in [7, 11) is 4.10. The molecular weight excluding hydrogens is 236 g/mol. The fourth-order valence-corrected chi connectivity index (χ4v) is 2.97. The van der Waals surface area contributed by atoms with Crippen LogP contribution in [0.15, 0.2) is 24.5 Å². The maximum atomic E-state index is 4.44. The van der Waals surface area contributed by atoms with Crippen molar-refractivity contribution < 1.29 is 0 Å². The summed E-state index contributed by atoms with van der Waals surface area (Å²) in [5, 5.41) is 3.40. The second-order valence-corrected chi connectivity index (χ2v) is 5.54. The van der Waals surface area contributed by atoms with Crippen LogP contribution >= 0.6 is 0 Å². The fourth-order valence-electron chi connectivity index (χ4n) is 2.97. The number of hydrogen-bond acceptors (Lipinski definition) is 3. The molecule has 1 atom stereocenters. The minimum atomic E-state index is 0.646. The van der Waals surface area contributed by atoms with E-state index in [1.165, 1.54) is 30.5 Å². The molecule has 0 saturated carbocycles. The number of aromatic nitrogens is 2. The molecule has 1 fully saturated rings. The van der Waals surface area contributed by atoms with Crippen LogP contribution in [0.3, 0.4) is 0 Å². The summed E-state index contributed by atoms with van der Waals surface area (Å²) in [6.45, 7) is 3.39. The predicted molar refractivity (Wildman–Crippen MR) is 78.1 cm³/mol. The summed E-state index contributed by atoms with van der Waals surface area (Å²) in [5.74, 6) is 0. The maximum absolute atomic E-state index is 4.44. The zero-order chi connectivity index (χ0) is 13.2. The van der Waals surface area contributed by atoms with Gasteiger partial charge in [0.15, 0.2) is 0 Å². The van der Waals surface area contributed by atoms with E-state index < -0.39 is 0 Å². The van der Waals surface area contributed by atoms with Gasteiger partial charge >= 0.3 is 0 Å². The Morgan fingerprint density at radius 1 is 1.42 bits per heavy atom. The smallest absolute Gasteiger partial charge is 0.0955 e. The fraction of sp³-hybridized carbons (Fsp3) is 0.533. The van der Waals surface area contributed by atoms with E-state index in [4.69, 9.17) is 0 Å². The molecule has 4 heteroatoms. The number of piperidine rings is 1. The molecule has 102 valence electrons. The Labute approximate surface area is 114 Å². The maximum Gasteiger partial charge on any atom is 0.0955 e. The van der Waals surface area contributed by atoms with E-state index in [0.717, 1.165) is 18.6 Å². The molecule has 0 spiro atoms. The monoisotopic (exact) mass is 258 g/mol. The third kappa shape index (κ3) is 2.65. The van der Waals surface area contributed by atoms with Crippen LogP contribution in [0.1, 0.15) is 18.4 Å². The van der Waals surface area contributed by atoms with Crippen LogP contribution < -0.4 is 5.32 Å². The number of hydrogen-bond donors (Lipinski definition) is 1. The molecule has 0 amide bonds. The highest BCUT2D eigenvalue weighted by molar-refractivity contribution is 5.75. The highest BCUT2D eigenvalue weighted by Gasteiger charge is 2.18. The van der Waals surface area contributed by atoms with Gasteiger partial charge in [0, 0.05) is 26.2 Å².